The summed E-state index contributed by atoms with van der Waals surface area (Å²) in [5, 5.41) is 14.9. The maximum Gasteiger partial charge on any atom is 0.305 e. The second kappa shape index (κ2) is 5.47. The molecular formula is C11H16N2O4. The van der Waals surface area contributed by atoms with E-state index in [9.17, 15) is 9.59 Å². The van der Waals surface area contributed by atoms with E-state index < -0.39 is 17.9 Å². The predicted molar refractivity (Wildman–Crippen MR) is 59.6 cm³/mol. The number of aliphatic carboxylic acids is 1. The molecule has 1 amide bonds. The van der Waals surface area contributed by atoms with Gasteiger partial charge in [0.2, 0.25) is 0 Å². The van der Waals surface area contributed by atoms with E-state index in [0.717, 1.165) is 0 Å². The van der Waals surface area contributed by atoms with Gasteiger partial charge in [-0.3, -0.25) is 9.59 Å². The third kappa shape index (κ3) is 3.90. The van der Waals surface area contributed by atoms with Gasteiger partial charge in [0.1, 0.15) is 5.76 Å². The summed E-state index contributed by atoms with van der Waals surface area (Å²) in [6, 6.07) is 1.09. The van der Waals surface area contributed by atoms with Crippen molar-refractivity contribution in [3.8, 4) is 0 Å². The molecule has 1 aromatic heterocycles. The Morgan fingerprint density at radius 2 is 2.18 bits per heavy atom. The lowest BCUT2D eigenvalue weighted by molar-refractivity contribution is -0.137. The first-order valence-corrected chi connectivity index (χ1v) is 5.36. The second-order valence-electron chi connectivity index (χ2n) is 4.24. The Balaban J connectivity index is 2.67. The Kier molecular flexibility index (Phi) is 4.25. The van der Waals surface area contributed by atoms with Gasteiger partial charge in [-0.1, -0.05) is 19.0 Å². The van der Waals surface area contributed by atoms with Crippen LogP contribution in [-0.4, -0.2) is 28.2 Å². The molecule has 1 unspecified atom stereocenters. The topological polar surface area (TPSA) is 92.4 Å². The van der Waals surface area contributed by atoms with Crippen molar-refractivity contribution in [2.45, 2.75) is 33.2 Å². The number of amides is 1. The molecule has 0 radical (unpaired) electrons. The molecule has 1 rings (SSSR count). The molecule has 0 saturated heterocycles. The minimum absolute atomic E-state index is 0.0306. The Morgan fingerprint density at radius 1 is 1.53 bits per heavy atom. The van der Waals surface area contributed by atoms with E-state index in [1.54, 1.807) is 6.92 Å². The zero-order chi connectivity index (χ0) is 13.0. The third-order valence-electron chi connectivity index (χ3n) is 2.38. The molecule has 17 heavy (non-hydrogen) atoms. The van der Waals surface area contributed by atoms with Gasteiger partial charge in [-0.2, -0.15) is 0 Å². The van der Waals surface area contributed by atoms with Crippen molar-refractivity contribution < 1.29 is 19.2 Å². The van der Waals surface area contributed by atoms with Crippen molar-refractivity contribution in [2.75, 3.05) is 0 Å². The molecule has 0 saturated carbocycles. The van der Waals surface area contributed by atoms with Crippen molar-refractivity contribution in [1.82, 2.24) is 10.5 Å². The number of aromatic nitrogens is 1. The van der Waals surface area contributed by atoms with Crippen LogP contribution in [0, 0.1) is 12.8 Å². The fourth-order valence-electron chi connectivity index (χ4n) is 1.36. The highest BCUT2D eigenvalue weighted by Gasteiger charge is 2.21. The van der Waals surface area contributed by atoms with Crippen LogP contribution in [0.1, 0.15) is 36.5 Å². The highest BCUT2D eigenvalue weighted by Crippen LogP contribution is 2.08. The monoisotopic (exact) mass is 240 g/mol. The number of carboxylic acid groups (broad SMARTS) is 1. The van der Waals surface area contributed by atoms with Crippen molar-refractivity contribution in [3.05, 3.63) is 17.5 Å². The number of carboxylic acids is 1. The van der Waals surface area contributed by atoms with E-state index in [-0.39, 0.29) is 18.0 Å². The SMILES string of the molecule is Cc1cc(C(=O)NC(CC(=O)O)C(C)C)no1. The number of aryl methyl sites for hydroxylation is 1. The molecule has 0 aliphatic rings. The van der Waals surface area contributed by atoms with Crippen molar-refractivity contribution in [1.29, 1.82) is 0 Å². The fourth-order valence-corrected chi connectivity index (χ4v) is 1.36. The number of rotatable bonds is 5. The van der Waals surface area contributed by atoms with Gasteiger partial charge in [0.05, 0.1) is 6.42 Å². The third-order valence-corrected chi connectivity index (χ3v) is 2.38. The number of nitrogens with zero attached hydrogens (tertiary/aromatic N) is 1. The maximum absolute atomic E-state index is 11.7. The number of hydrogen-bond donors (Lipinski definition) is 2. The van der Waals surface area contributed by atoms with Gasteiger partial charge in [0.25, 0.3) is 5.91 Å². The molecule has 1 aromatic rings. The largest absolute Gasteiger partial charge is 0.481 e. The van der Waals surface area contributed by atoms with E-state index >= 15 is 0 Å². The average molecular weight is 240 g/mol. The maximum atomic E-state index is 11.7. The van der Waals surface area contributed by atoms with E-state index in [4.69, 9.17) is 9.63 Å². The van der Waals surface area contributed by atoms with Crippen LogP contribution in [0.25, 0.3) is 0 Å². The van der Waals surface area contributed by atoms with Gasteiger partial charge in [0.15, 0.2) is 5.69 Å². The van der Waals surface area contributed by atoms with Gasteiger partial charge in [-0.15, -0.1) is 0 Å². The summed E-state index contributed by atoms with van der Waals surface area (Å²) < 4.78 is 4.78. The van der Waals surface area contributed by atoms with Crippen LogP contribution in [0.2, 0.25) is 0 Å². The number of nitrogens with one attached hydrogen (secondary N) is 1. The predicted octanol–water partition coefficient (Wildman–Crippen LogP) is 1.21. The molecule has 0 aliphatic carbocycles. The van der Waals surface area contributed by atoms with Crippen LogP contribution in [-0.2, 0) is 4.79 Å². The summed E-state index contributed by atoms with van der Waals surface area (Å²) in [6.45, 7) is 5.38. The smallest absolute Gasteiger partial charge is 0.305 e. The molecule has 1 atom stereocenters. The van der Waals surface area contributed by atoms with Crippen LogP contribution in [0.4, 0.5) is 0 Å². The molecule has 0 spiro atoms. The quantitative estimate of drug-likeness (QED) is 0.807. The summed E-state index contributed by atoms with van der Waals surface area (Å²) in [5.41, 5.74) is 0.165. The molecule has 1 heterocycles. The minimum atomic E-state index is -0.944. The normalized spacial score (nSPS) is 12.5. The van der Waals surface area contributed by atoms with Gasteiger partial charge in [-0.05, 0) is 12.8 Å². The molecule has 0 fully saturated rings. The Bertz CT molecular complexity index is 411. The van der Waals surface area contributed by atoms with Gasteiger partial charge >= 0.3 is 5.97 Å². The van der Waals surface area contributed by atoms with Gasteiger partial charge in [0, 0.05) is 12.1 Å². The Hall–Kier alpha value is -1.85. The van der Waals surface area contributed by atoms with Gasteiger partial charge in [-0.25, -0.2) is 0 Å². The number of carbonyl (C=O) groups is 2. The molecule has 6 nitrogen and oxygen atoms in total. The van der Waals surface area contributed by atoms with Crippen LogP contribution >= 0.6 is 0 Å². The highest BCUT2D eigenvalue weighted by atomic mass is 16.5. The van der Waals surface area contributed by atoms with Crippen LogP contribution in [0.15, 0.2) is 10.6 Å². The molecular weight excluding hydrogens is 224 g/mol. The van der Waals surface area contributed by atoms with Crippen LogP contribution in [0.5, 0.6) is 0 Å². The summed E-state index contributed by atoms with van der Waals surface area (Å²) in [6.07, 6.45) is -0.111. The Labute approximate surface area is 99.0 Å². The lowest BCUT2D eigenvalue weighted by atomic mass is 10.0. The van der Waals surface area contributed by atoms with Crippen LogP contribution < -0.4 is 5.32 Å². The van der Waals surface area contributed by atoms with Crippen molar-refractivity contribution in [2.24, 2.45) is 5.92 Å². The molecule has 0 aliphatic heterocycles. The minimum Gasteiger partial charge on any atom is -0.481 e. The average Bonchev–Trinajstić information content (AvgIpc) is 2.63. The molecule has 6 heteroatoms. The first-order chi connectivity index (χ1) is 7.90. The molecule has 94 valence electrons. The highest BCUT2D eigenvalue weighted by molar-refractivity contribution is 5.92. The zero-order valence-corrected chi connectivity index (χ0v) is 10.1. The van der Waals surface area contributed by atoms with Gasteiger partial charge < -0.3 is 14.9 Å². The van der Waals surface area contributed by atoms with E-state index in [1.165, 1.54) is 6.07 Å². The fraction of sp³-hybridized carbons (Fsp3) is 0.545. The lowest BCUT2D eigenvalue weighted by Crippen LogP contribution is -2.40. The number of hydrogen-bond acceptors (Lipinski definition) is 4. The van der Waals surface area contributed by atoms with E-state index in [1.807, 2.05) is 13.8 Å². The molecule has 2 N–H and O–H groups in total. The number of carbonyl (C=O) groups excluding carboxylic acids is 1. The van der Waals surface area contributed by atoms with E-state index in [0.29, 0.717) is 5.76 Å². The molecule has 0 aromatic carbocycles. The van der Waals surface area contributed by atoms with Crippen molar-refractivity contribution in [3.63, 3.8) is 0 Å². The summed E-state index contributed by atoms with van der Waals surface area (Å²) in [5.74, 6) is -0.792. The summed E-state index contributed by atoms with van der Waals surface area (Å²) >= 11 is 0. The first kappa shape index (κ1) is 13.2. The van der Waals surface area contributed by atoms with E-state index in [2.05, 4.69) is 10.5 Å². The van der Waals surface area contributed by atoms with Crippen molar-refractivity contribution >= 4 is 11.9 Å². The first-order valence-electron chi connectivity index (χ1n) is 5.36. The standard InChI is InChI=1S/C11H16N2O4/c1-6(2)8(5-10(14)15)12-11(16)9-4-7(3)17-13-9/h4,6,8H,5H2,1-3H3,(H,12,16)(H,14,15). The summed E-state index contributed by atoms with van der Waals surface area (Å²) in [7, 11) is 0. The lowest BCUT2D eigenvalue weighted by Gasteiger charge is -2.19. The zero-order valence-electron chi connectivity index (χ0n) is 10.1. The van der Waals surface area contributed by atoms with Crippen LogP contribution in [0.3, 0.4) is 0 Å². The Morgan fingerprint density at radius 3 is 2.59 bits per heavy atom. The molecule has 0 bridgehead atoms. The summed E-state index contributed by atoms with van der Waals surface area (Å²) in [4.78, 5) is 22.4. The second-order valence-corrected chi connectivity index (χ2v) is 4.24.